The number of nitrogens with two attached hydrogens (primary N) is 1. The topological polar surface area (TPSA) is 67.1 Å². The summed E-state index contributed by atoms with van der Waals surface area (Å²) in [4.78, 5) is 12.2. The van der Waals surface area contributed by atoms with Gasteiger partial charge in [-0.05, 0) is 24.1 Å². The first-order valence-electron chi connectivity index (χ1n) is 6.55. The third-order valence-electron chi connectivity index (χ3n) is 3.07. The van der Waals surface area contributed by atoms with Crippen molar-refractivity contribution in [2.45, 2.75) is 13.5 Å². The number of thiocarbonyl (C=S) groups is 1. The molecule has 4 N–H and O–H groups in total. The smallest absolute Gasteiger partial charge is 0.319 e. The van der Waals surface area contributed by atoms with Crippen LogP contribution in [0.25, 0.3) is 0 Å². The van der Waals surface area contributed by atoms with Gasteiger partial charge in [-0.2, -0.15) is 0 Å². The van der Waals surface area contributed by atoms with Gasteiger partial charge in [0, 0.05) is 17.8 Å². The molecule has 0 atom stereocenters. The van der Waals surface area contributed by atoms with Crippen LogP contribution in [0.15, 0.2) is 48.5 Å². The number of urea groups is 1. The highest BCUT2D eigenvalue weighted by molar-refractivity contribution is 7.80. The standard InChI is InChI=1S/C16H17N3OS/c1-11-7-8-13(15(17)21)9-14(11)19-16(20)18-10-12-5-3-2-4-6-12/h2-9H,10H2,1H3,(H2,17,21)(H2,18,19,20). The van der Waals surface area contributed by atoms with E-state index >= 15 is 0 Å². The number of rotatable bonds is 4. The molecule has 5 heteroatoms. The molecule has 0 heterocycles. The lowest BCUT2D eigenvalue weighted by Crippen LogP contribution is -2.28. The predicted molar refractivity (Wildman–Crippen MR) is 89.4 cm³/mol. The van der Waals surface area contributed by atoms with Gasteiger partial charge in [-0.3, -0.25) is 0 Å². The minimum Gasteiger partial charge on any atom is -0.389 e. The molecule has 0 bridgehead atoms. The minimum atomic E-state index is -0.262. The second-order valence-electron chi connectivity index (χ2n) is 4.69. The maximum Gasteiger partial charge on any atom is 0.319 e. The molecule has 108 valence electrons. The van der Waals surface area contributed by atoms with E-state index in [1.165, 1.54) is 0 Å². The Morgan fingerprint density at radius 2 is 1.90 bits per heavy atom. The van der Waals surface area contributed by atoms with Crippen molar-refractivity contribution in [3.63, 3.8) is 0 Å². The van der Waals surface area contributed by atoms with Crippen LogP contribution in [0.5, 0.6) is 0 Å². The summed E-state index contributed by atoms with van der Waals surface area (Å²) in [7, 11) is 0. The Morgan fingerprint density at radius 1 is 1.19 bits per heavy atom. The maximum atomic E-state index is 11.9. The first-order valence-corrected chi connectivity index (χ1v) is 6.96. The van der Waals surface area contributed by atoms with Gasteiger partial charge >= 0.3 is 6.03 Å². The Hall–Kier alpha value is -2.40. The van der Waals surface area contributed by atoms with E-state index in [1.807, 2.05) is 49.4 Å². The second-order valence-corrected chi connectivity index (χ2v) is 5.13. The fourth-order valence-electron chi connectivity index (χ4n) is 1.85. The van der Waals surface area contributed by atoms with Crippen LogP contribution in [-0.4, -0.2) is 11.0 Å². The Morgan fingerprint density at radius 3 is 2.57 bits per heavy atom. The highest BCUT2D eigenvalue weighted by Gasteiger charge is 2.06. The number of aryl methyl sites for hydroxylation is 1. The zero-order valence-corrected chi connectivity index (χ0v) is 12.5. The number of hydrogen-bond acceptors (Lipinski definition) is 2. The molecule has 0 spiro atoms. The minimum absolute atomic E-state index is 0.262. The summed E-state index contributed by atoms with van der Waals surface area (Å²) in [6.45, 7) is 2.39. The van der Waals surface area contributed by atoms with Crippen LogP contribution < -0.4 is 16.4 Å². The Labute approximate surface area is 129 Å². The van der Waals surface area contributed by atoms with Gasteiger partial charge in [0.2, 0.25) is 0 Å². The largest absolute Gasteiger partial charge is 0.389 e. The summed E-state index contributed by atoms with van der Waals surface area (Å²) < 4.78 is 0. The van der Waals surface area contributed by atoms with Gasteiger partial charge in [0.25, 0.3) is 0 Å². The van der Waals surface area contributed by atoms with Gasteiger partial charge in [-0.1, -0.05) is 54.7 Å². The normalized spacial score (nSPS) is 9.95. The molecule has 21 heavy (non-hydrogen) atoms. The highest BCUT2D eigenvalue weighted by Crippen LogP contribution is 2.16. The lowest BCUT2D eigenvalue weighted by Gasteiger charge is -2.11. The van der Waals surface area contributed by atoms with E-state index in [1.54, 1.807) is 6.07 Å². The zero-order valence-electron chi connectivity index (χ0n) is 11.7. The zero-order chi connectivity index (χ0) is 15.2. The van der Waals surface area contributed by atoms with E-state index in [0.717, 1.165) is 16.7 Å². The van der Waals surface area contributed by atoms with Crippen LogP contribution >= 0.6 is 12.2 Å². The molecule has 4 nitrogen and oxygen atoms in total. The van der Waals surface area contributed by atoms with Crippen molar-refractivity contribution in [1.29, 1.82) is 0 Å². The van der Waals surface area contributed by atoms with Crippen LogP contribution in [0, 0.1) is 6.92 Å². The number of anilines is 1. The van der Waals surface area contributed by atoms with Crippen molar-refractivity contribution in [3.05, 3.63) is 65.2 Å². The van der Waals surface area contributed by atoms with Crippen molar-refractivity contribution in [3.8, 4) is 0 Å². The van der Waals surface area contributed by atoms with E-state index < -0.39 is 0 Å². The number of hydrogen-bond donors (Lipinski definition) is 3. The average molecular weight is 299 g/mol. The number of benzene rings is 2. The van der Waals surface area contributed by atoms with Crippen molar-refractivity contribution in [1.82, 2.24) is 5.32 Å². The van der Waals surface area contributed by atoms with Crippen LogP contribution in [0.2, 0.25) is 0 Å². The number of amides is 2. The summed E-state index contributed by atoms with van der Waals surface area (Å²) in [5.41, 5.74) is 9.02. The molecular formula is C16H17N3OS. The Balaban J connectivity index is 1.99. The van der Waals surface area contributed by atoms with E-state index in [2.05, 4.69) is 10.6 Å². The predicted octanol–water partition coefficient (Wildman–Crippen LogP) is 2.95. The second kappa shape index (κ2) is 6.85. The van der Waals surface area contributed by atoms with Crippen LogP contribution in [-0.2, 0) is 6.54 Å². The lowest BCUT2D eigenvalue weighted by atomic mass is 10.1. The molecule has 2 aromatic rings. The monoisotopic (exact) mass is 299 g/mol. The van der Waals surface area contributed by atoms with Gasteiger partial charge in [0.15, 0.2) is 0 Å². The fraction of sp³-hybridized carbons (Fsp3) is 0.125. The third kappa shape index (κ3) is 4.29. The SMILES string of the molecule is Cc1ccc(C(N)=S)cc1NC(=O)NCc1ccccc1. The molecule has 2 amide bonds. The Bertz CT molecular complexity index is 656. The number of nitrogens with one attached hydrogen (secondary N) is 2. The number of carbonyl (C=O) groups is 1. The van der Waals surface area contributed by atoms with Gasteiger partial charge < -0.3 is 16.4 Å². The molecule has 0 aliphatic rings. The van der Waals surface area contributed by atoms with Crippen molar-refractivity contribution >= 4 is 28.9 Å². The first-order chi connectivity index (χ1) is 10.1. The van der Waals surface area contributed by atoms with Crippen LogP contribution in [0.1, 0.15) is 16.7 Å². The van der Waals surface area contributed by atoms with E-state index in [4.69, 9.17) is 18.0 Å². The van der Waals surface area contributed by atoms with E-state index in [9.17, 15) is 4.79 Å². The molecule has 2 aromatic carbocycles. The van der Waals surface area contributed by atoms with Gasteiger partial charge in [0.1, 0.15) is 4.99 Å². The van der Waals surface area contributed by atoms with E-state index in [0.29, 0.717) is 17.2 Å². The first kappa shape index (κ1) is 15.0. The highest BCUT2D eigenvalue weighted by atomic mass is 32.1. The van der Waals surface area contributed by atoms with Crippen molar-refractivity contribution < 1.29 is 4.79 Å². The van der Waals surface area contributed by atoms with E-state index in [-0.39, 0.29) is 6.03 Å². The van der Waals surface area contributed by atoms with Crippen molar-refractivity contribution in [2.75, 3.05) is 5.32 Å². The summed E-state index contributed by atoms with van der Waals surface area (Å²) in [5.74, 6) is 0. The third-order valence-corrected chi connectivity index (χ3v) is 3.30. The summed E-state index contributed by atoms with van der Waals surface area (Å²) in [6, 6.07) is 15.0. The molecule has 0 unspecified atom stereocenters. The summed E-state index contributed by atoms with van der Waals surface area (Å²) in [5, 5.41) is 5.62. The lowest BCUT2D eigenvalue weighted by molar-refractivity contribution is 0.251. The Kier molecular flexibility index (Phi) is 4.90. The van der Waals surface area contributed by atoms with Gasteiger partial charge in [-0.25, -0.2) is 4.79 Å². The average Bonchev–Trinajstić information content (AvgIpc) is 2.48. The summed E-state index contributed by atoms with van der Waals surface area (Å²) >= 11 is 4.94. The van der Waals surface area contributed by atoms with Gasteiger partial charge in [-0.15, -0.1) is 0 Å². The molecule has 0 radical (unpaired) electrons. The van der Waals surface area contributed by atoms with Crippen LogP contribution in [0.3, 0.4) is 0 Å². The van der Waals surface area contributed by atoms with Gasteiger partial charge in [0.05, 0.1) is 0 Å². The molecular weight excluding hydrogens is 282 g/mol. The van der Waals surface area contributed by atoms with Crippen molar-refractivity contribution in [2.24, 2.45) is 5.73 Å². The quantitative estimate of drug-likeness (QED) is 0.760. The fourth-order valence-corrected chi connectivity index (χ4v) is 1.98. The molecule has 0 fully saturated rings. The molecule has 0 saturated carbocycles. The molecule has 0 aliphatic heterocycles. The molecule has 2 rings (SSSR count). The summed E-state index contributed by atoms with van der Waals surface area (Å²) in [6.07, 6.45) is 0. The molecule has 0 aromatic heterocycles. The maximum absolute atomic E-state index is 11.9. The van der Waals surface area contributed by atoms with Crippen LogP contribution in [0.4, 0.5) is 10.5 Å². The molecule has 0 saturated heterocycles. The molecule has 0 aliphatic carbocycles. The number of carbonyl (C=O) groups excluding carboxylic acids is 1.